The van der Waals surface area contributed by atoms with Gasteiger partial charge in [0.25, 0.3) is 5.91 Å². The van der Waals surface area contributed by atoms with Gasteiger partial charge in [-0.1, -0.05) is 5.16 Å². The van der Waals surface area contributed by atoms with E-state index >= 15 is 0 Å². The number of amides is 2. The van der Waals surface area contributed by atoms with Crippen LogP contribution < -0.4 is 14.8 Å². The van der Waals surface area contributed by atoms with Crippen molar-refractivity contribution in [3.63, 3.8) is 0 Å². The highest BCUT2D eigenvalue weighted by molar-refractivity contribution is 5.95. The lowest BCUT2D eigenvalue weighted by molar-refractivity contribution is -0.126. The molecular formula is C20H25N3O5. The molecule has 0 radical (unpaired) electrons. The van der Waals surface area contributed by atoms with Gasteiger partial charge >= 0.3 is 0 Å². The molecule has 2 aromatic rings. The van der Waals surface area contributed by atoms with Crippen molar-refractivity contribution in [2.45, 2.75) is 26.3 Å². The van der Waals surface area contributed by atoms with Gasteiger partial charge in [0.1, 0.15) is 11.5 Å². The number of aromatic nitrogens is 1. The van der Waals surface area contributed by atoms with Crippen LogP contribution in [0, 0.1) is 12.8 Å². The molecule has 0 saturated carbocycles. The molecule has 0 bridgehead atoms. The van der Waals surface area contributed by atoms with Crippen LogP contribution in [0.2, 0.25) is 0 Å². The number of carbonyl (C=O) groups is 2. The molecule has 0 spiro atoms. The van der Waals surface area contributed by atoms with E-state index in [1.807, 2.05) is 6.92 Å². The topological polar surface area (TPSA) is 93.9 Å². The first kappa shape index (κ1) is 19.7. The van der Waals surface area contributed by atoms with Gasteiger partial charge in [-0.15, -0.1) is 0 Å². The van der Waals surface area contributed by atoms with Crippen LogP contribution in [-0.4, -0.2) is 49.2 Å². The van der Waals surface area contributed by atoms with E-state index in [4.69, 9.17) is 14.0 Å². The van der Waals surface area contributed by atoms with Crippen molar-refractivity contribution in [3.05, 3.63) is 41.3 Å². The molecule has 0 aliphatic carbocycles. The van der Waals surface area contributed by atoms with Gasteiger partial charge in [0.05, 0.1) is 26.5 Å². The van der Waals surface area contributed by atoms with Crippen LogP contribution in [0.5, 0.6) is 11.5 Å². The average Bonchev–Trinajstić information content (AvgIpc) is 3.16. The second-order valence-corrected chi connectivity index (χ2v) is 6.82. The van der Waals surface area contributed by atoms with Crippen molar-refractivity contribution >= 4 is 11.8 Å². The number of piperidine rings is 1. The number of nitrogens with one attached hydrogen (secondary N) is 1. The van der Waals surface area contributed by atoms with Crippen molar-refractivity contribution in [2.75, 3.05) is 27.3 Å². The molecule has 1 aliphatic rings. The normalized spacial score (nSPS) is 14.6. The van der Waals surface area contributed by atoms with E-state index in [-0.39, 0.29) is 17.7 Å². The molecule has 150 valence electrons. The van der Waals surface area contributed by atoms with Gasteiger partial charge < -0.3 is 24.2 Å². The Bertz CT molecular complexity index is 818. The summed E-state index contributed by atoms with van der Waals surface area (Å²) in [4.78, 5) is 27.0. The lowest BCUT2D eigenvalue weighted by Crippen LogP contribution is -2.42. The molecule has 0 unspecified atom stereocenters. The lowest BCUT2D eigenvalue weighted by atomic mass is 9.95. The Morgan fingerprint density at radius 3 is 2.32 bits per heavy atom. The Labute approximate surface area is 163 Å². The van der Waals surface area contributed by atoms with E-state index in [0.717, 1.165) is 5.69 Å². The maximum absolute atomic E-state index is 12.8. The molecule has 8 heteroatoms. The first-order valence-electron chi connectivity index (χ1n) is 9.22. The first-order valence-corrected chi connectivity index (χ1v) is 9.22. The lowest BCUT2D eigenvalue weighted by Gasteiger charge is -2.31. The second kappa shape index (κ2) is 8.77. The predicted molar refractivity (Wildman–Crippen MR) is 101 cm³/mol. The number of hydrogen-bond acceptors (Lipinski definition) is 6. The highest BCUT2D eigenvalue weighted by Gasteiger charge is 2.28. The van der Waals surface area contributed by atoms with E-state index in [0.29, 0.717) is 55.3 Å². The van der Waals surface area contributed by atoms with Gasteiger partial charge in [0.2, 0.25) is 5.91 Å². The predicted octanol–water partition coefficient (Wildman–Crippen LogP) is 2.17. The minimum atomic E-state index is -0.118. The van der Waals surface area contributed by atoms with Crippen LogP contribution in [0.1, 0.15) is 34.7 Å². The number of likely N-dealkylation sites (tertiary alicyclic amines) is 1. The van der Waals surface area contributed by atoms with E-state index in [2.05, 4.69) is 10.5 Å². The molecule has 1 aliphatic heterocycles. The maximum Gasteiger partial charge on any atom is 0.254 e. The summed E-state index contributed by atoms with van der Waals surface area (Å²) in [6.45, 7) is 3.21. The van der Waals surface area contributed by atoms with Crippen LogP contribution >= 0.6 is 0 Å². The van der Waals surface area contributed by atoms with Crippen molar-refractivity contribution in [2.24, 2.45) is 5.92 Å². The van der Waals surface area contributed by atoms with Crippen LogP contribution in [0.3, 0.4) is 0 Å². The standard InChI is InChI=1S/C20H25N3O5/c1-13-8-18(28-22-13)12-21-19(24)14-4-6-23(7-5-14)20(25)15-9-16(26-2)11-17(10-15)27-3/h8-11,14H,4-7,12H2,1-3H3,(H,21,24). The minimum absolute atomic E-state index is 0.0239. The number of nitrogens with zero attached hydrogens (tertiary/aromatic N) is 2. The Balaban J connectivity index is 1.54. The van der Waals surface area contributed by atoms with Gasteiger partial charge in [0, 0.05) is 36.7 Å². The summed E-state index contributed by atoms with van der Waals surface area (Å²) in [5.74, 6) is 1.54. The second-order valence-electron chi connectivity index (χ2n) is 6.82. The Hall–Kier alpha value is -3.03. The molecular weight excluding hydrogens is 362 g/mol. The van der Waals surface area contributed by atoms with Crippen molar-refractivity contribution in [3.8, 4) is 11.5 Å². The Morgan fingerprint density at radius 1 is 1.14 bits per heavy atom. The van der Waals surface area contributed by atoms with Gasteiger partial charge in [-0.25, -0.2) is 0 Å². The third kappa shape index (κ3) is 4.62. The molecule has 1 saturated heterocycles. The fourth-order valence-corrected chi connectivity index (χ4v) is 3.28. The largest absolute Gasteiger partial charge is 0.497 e. The maximum atomic E-state index is 12.8. The van der Waals surface area contributed by atoms with E-state index in [1.54, 1.807) is 43.4 Å². The molecule has 2 amide bonds. The number of ether oxygens (including phenoxy) is 2. The van der Waals surface area contributed by atoms with Crippen LogP contribution in [0.15, 0.2) is 28.8 Å². The number of methoxy groups -OCH3 is 2. The zero-order chi connectivity index (χ0) is 20.1. The molecule has 3 rings (SSSR count). The van der Waals surface area contributed by atoms with Crippen LogP contribution in [0.25, 0.3) is 0 Å². The number of rotatable bonds is 6. The van der Waals surface area contributed by atoms with Crippen LogP contribution in [0.4, 0.5) is 0 Å². The average molecular weight is 387 g/mol. The van der Waals surface area contributed by atoms with Gasteiger partial charge in [-0.3, -0.25) is 9.59 Å². The highest BCUT2D eigenvalue weighted by atomic mass is 16.5. The monoisotopic (exact) mass is 387 g/mol. The molecule has 2 heterocycles. The van der Waals surface area contributed by atoms with E-state index < -0.39 is 0 Å². The molecule has 0 atom stereocenters. The zero-order valence-electron chi connectivity index (χ0n) is 16.4. The quantitative estimate of drug-likeness (QED) is 0.816. The van der Waals surface area contributed by atoms with Gasteiger partial charge in [-0.05, 0) is 31.9 Å². The third-order valence-corrected chi connectivity index (χ3v) is 4.86. The highest BCUT2D eigenvalue weighted by Crippen LogP contribution is 2.25. The molecule has 1 fully saturated rings. The summed E-state index contributed by atoms with van der Waals surface area (Å²) in [7, 11) is 3.10. The van der Waals surface area contributed by atoms with Crippen molar-refractivity contribution in [1.29, 1.82) is 0 Å². The zero-order valence-corrected chi connectivity index (χ0v) is 16.4. The number of hydrogen-bond donors (Lipinski definition) is 1. The Morgan fingerprint density at radius 2 is 1.79 bits per heavy atom. The molecule has 1 aromatic heterocycles. The summed E-state index contributed by atoms with van der Waals surface area (Å²) >= 11 is 0. The Kier molecular flexibility index (Phi) is 6.18. The summed E-state index contributed by atoms with van der Waals surface area (Å²) in [6.07, 6.45) is 1.24. The molecule has 8 nitrogen and oxygen atoms in total. The third-order valence-electron chi connectivity index (χ3n) is 4.86. The minimum Gasteiger partial charge on any atom is -0.497 e. The molecule has 1 N–H and O–H groups in total. The smallest absolute Gasteiger partial charge is 0.254 e. The summed E-state index contributed by atoms with van der Waals surface area (Å²) in [6, 6.07) is 6.92. The molecule has 1 aromatic carbocycles. The first-order chi connectivity index (χ1) is 13.5. The van der Waals surface area contributed by atoms with Crippen molar-refractivity contribution < 1.29 is 23.6 Å². The molecule has 28 heavy (non-hydrogen) atoms. The number of aryl methyl sites for hydroxylation is 1. The van der Waals surface area contributed by atoms with Crippen molar-refractivity contribution in [1.82, 2.24) is 15.4 Å². The van der Waals surface area contributed by atoms with E-state index in [1.165, 1.54) is 0 Å². The summed E-state index contributed by atoms with van der Waals surface area (Å²) < 4.78 is 15.6. The number of carbonyl (C=O) groups excluding carboxylic acids is 2. The van der Waals surface area contributed by atoms with Gasteiger partial charge in [0.15, 0.2) is 5.76 Å². The van der Waals surface area contributed by atoms with Crippen LogP contribution in [-0.2, 0) is 11.3 Å². The SMILES string of the molecule is COc1cc(OC)cc(C(=O)N2CCC(C(=O)NCc3cc(C)no3)CC2)c1. The number of benzene rings is 1. The van der Waals surface area contributed by atoms with Gasteiger partial charge in [-0.2, -0.15) is 0 Å². The fourth-order valence-electron chi connectivity index (χ4n) is 3.28. The summed E-state index contributed by atoms with van der Waals surface area (Å²) in [5, 5.41) is 6.68. The summed E-state index contributed by atoms with van der Waals surface area (Å²) in [5.41, 5.74) is 1.30. The van der Waals surface area contributed by atoms with E-state index in [9.17, 15) is 9.59 Å². The fraction of sp³-hybridized carbons (Fsp3) is 0.450.